The average molecular weight is 370 g/mol. The van der Waals surface area contributed by atoms with Gasteiger partial charge in [-0.15, -0.1) is 0 Å². The van der Waals surface area contributed by atoms with Gasteiger partial charge in [-0.1, -0.05) is 13.3 Å². The van der Waals surface area contributed by atoms with Crippen LogP contribution < -0.4 is 10.0 Å². The fourth-order valence-electron chi connectivity index (χ4n) is 2.29. The van der Waals surface area contributed by atoms with Gasteiger partial charge >= 0.3 is 5.97 Å². The van der Waals surface area contributed by atoms with Gasteiger partial charge in [0.2, 0.25) is 10.0 Å². The highest BCUT2D eigenvalue weighted by atomic mass is 32.2. The summed E-state index contributed by atoms with van der Waals surface area (Å²) >= 11 is 0. The van der Waals surface area contributed by atoms with Crippen LogP contribution in [0.3, 0.4) is 0 Å². The Labute approximate surface area is 148 Å². The number of amides is 1. The molecule has 1 aromatic carbocycles. The van der Waals surface area contributed by atoms with Crippen molar-refractivity contribution in [3.8, 4) is 0 Å². The first-order valence-electron chi connectivity index (χ1n) is 8.01. The van der Waals surface area contributed by atoms with Crippen LogP contribution in [0.1, 0.15) is 57.8 Å². The first-order valence-corrected chi connectivity index (χ1v) is 9.49. The van der Waals surface area contributed by atoms with Gasteiger partial charge in [0.25, 0.3) is 5.91 Å². The Hall–Kier alpha value is -1.93. The van der Waals surface area contributed by atoms with Gasteiger partial charge in [-0.3, -0.25) is 4.79 Å². The number of carbonyl (C=O) groups is 2. The molecule has 1 aromatic rings. The third-order valence-electron chi connectivity index (χ3n) is 3.48. The molecule has 0 bridgehead atoms. The van der Waals surface area contributed by atoms with Crippen LogP contribution in [-0.2, 0) is 14.8 Å². The minimum absolute atomic E-state index is 0.0357. The maximum atomic E-state index is 12.3. The Balaban J connectivity index is 2.99. The second-order valence-electron chi connectivity index (χ2n) is 7.22. The van der Waals surface area contributed by atoms with E-state index in [4.69, 9.17) is 0 Å². The molecule has 3 N–H and O–H groups in total. The number of carboxylic acids is 1. The maximum Gasteiger partial charge on any atom is 0.329 e. The van der Waals surface area contributed by atoms with Gasteiger partial charge < -0.3 is 10.4 Å². The van der Waals surface area contributed by atoms with E-state index in [2.05, 4.69) is 10.0 Å². The summed E-state index contributed by atoms with van der Waals surface area (Å²) in [4.78, 5) is 23.7. The number of hydrogen-bond donors (Lipinski definition) is 3. The third-order valence-corrected chi connectivity index (χ3v) is 5.25. The lowest BCUT2D eigenvalue weighted by Gasteiger charge is -2.25. The van der Waals surface area contributed by atoms with Crippen LogP contribution in [0.2, 0.25) is 0 Å². The van der Waals surface area contributed by atoms with Crippen molar-refractivity contribution in [3.63, 3.8) is 0 Å². The second kappa shape index (κ2) is 7.53. The van der Waals surface area contributed by atoms with Gasteiger partial charge in [-0.25, -0.2) is 17.9 Å². The van der Waals surface area contributed by atoms with Gasteiger partial charge in [-0.05, 0) is 58.4 Å². The van der Waals surface area contributed by atoms with Crippen molar-refractivity contribution in [2.45, 2.75) is 63.4 Å². The zero-order valence-corrected chi connectivity index (χ0v) is 16.0. The normalized spacial score (nSPS) is 14.6. The van der Waals surface area contributed by atoms with E-state index in [1.54, 1.807) is 20.8 Å². The predicted molar refractivity (Wildman–Crippen MR) is 94.9 cm³/mol. The Kier molecular flexibility index (Phi) is 6.36. The topological polar surface area (TPSA) is 113 Å². The summed E-state index contributed by atoms with van der Waals surface area (Å²) in [5, 5.41) is 11.8. The molecule has 0 radical (unpaired) electrons. The van der Waals surface area contributed by atoms with Gasteiger partial charge in [0.15, 0.2) is 0 Å². The molecule has 1 unspecified atom stereocenters. The average Bonchev–Trinajstić information content (AvgIpc) is 2.45. The van der Waals surface area contributed by atoms with Crippen LogP contribution in [-0.4, -0.2) is 36.5 Å². The minimum Gasteiger partial charge on any atom is -0.480 e. The number of sulfonamides is 1. The van der Waals surface area contributed by atoms with Crippen molar-refractivity contribution in [1.29, 1.82) is 0 Å². The Morgan fingerprint density at radius 3 is 2.00 bits per heavy atom. The molecule has 0 spiro atoms. The molecule has 1 amide bonds. The number of benzene rings is 1. The van der Waals surface area contributed by atoms with E-state index >= 15 is 0 Å². The van der Waals surface area contributed by atoms with E-state index < -0.39 is 33.0 Å². The lowest BCUT2D eigenvalue weighted by atomic mass is 9.96. The van der Waals surface area contributed by atoms with E-state index in [1.807, 2.05) is 6.92 Å². The lowest BCUT2D eigenvalue weighted by molar-refractivity contribution is -0.144. The van der Waals surface area contributed by atoms with Crippen molar-refractivity contribution in [2.75, 3.05) is 0 Å². The molecule has 0 aliphatic heterocycles. The zero-order chi connectivity index (χ0) is 19.5. The summed E-state index contributed by atoms with van der Waals surface area (Å²) in [6.45, 7) is 8.46. The molecule has 8 heteroatoms. The monoisotopic (exact) mass is 370 g/mol. The summed E-state index contributed by atoms with van der Waals surface area (Å²) in [6.07, 6.45) is 0.884. The molecule has 0 saturated carbocycles. The number of aliphatic carboxylic acids is 1. The van der Waals surface area contributed by atoms with Crippen LogP contribution in [0, 0.1) is 0 Å². The van der Waals surface area contributed by atoms with Crippen LogP contribution >= 0.6 is 0 Å². The van der Waals surface area contributed by atoms with Gasteiger partial charge in [0, 0.05) is 11.1 Å². The standard InChI is InChI=1S/C17H26N2O5S/c1-6-11-17(5,15(21)22)18-14(20)12-7-9-13(10-8-12)25(23,24)19-16(2,3)4/h7-10,19H,6,11H2,1-5H3,(H,18,20)(H,21,22). The summed E-state index contributed by atoms with van der Waals surface area (Å²) in [5.41, 5.74) is -1.80. The second-order valence-corrected chi connectivity index (χ2v) is 8.90. The van der Waals surface area contributed by atoms with Crippen LogP contribution in [0.4, 0.5) is 0 Å². The van der Waals surface area contributed by atoms with E-state index in [9.17, 15) is 23.1 Å². The minimum atomic E-state index is -3.69. The molecule has 0 fully saturated rings. The number of carboxylic acid groups (broad SMARTS) is 1. The highest BCUT2D eigenvalue weighted by Gasteiger charge is 2.34. The Morgan fingerprint density at radius 2 is 1.60 bits per heavy atom. The first kappa shape index (κ1) is 21.1. The highest BCUT2D eigenvalue weighted by Crippen LogP contribution is 2.16. The summed E-state index contributed by atoms with van der Waals surface area (Å²) in [7, 11) is -3.69. The van der Waals surface area contributed by atoms with E-state index in [1.165, 1.54) is 31.2 Å². The molecular weight excluding hydrogens is 344 g/mol. The molecule has 0 aliphatic rings. The van der Waals surface area contributed by atoms with E-state index in [-0.39, 0.29) is 16.9 Å². The molecule has 7 nitrogen and oxygen atoms in total. The summed E-state index contributed by atoms with van der Waals surface area (Å²) in [5.74, 6) is -1.68. The number of rotatable bonds is 7. The van der Waals surface area contributed by atoms with Crippen molar-refractivity contribution >= 4 is 21.9 Å². The molecule has 0 heterocycles. The fourth-order valence-corrected chi connectivity index (χ4v) is 3.71. The van der Waals surface area contributed by atoms with Crippen LogP contribution in [0.5, 0.6) is 0 Å². The Morgan fingerprint density at radius 1 is 1.08 bits per heavy atom. The summed E-state index contributed by atoms with van der Waals surface area (Å²) in [6, 6.07) is 5.36. The van der Waals surface area contributed by atoms with Crippen molar-refractivity contribution in [3.05, 3.63) is 29.8 Å². The fraction of sp³-hybridized carbons (Fsp3) is 0.529. The van der Waals surface area contributed by atoms with Crippen molar-refractivity contribution < 1.29 is 23.1 Å². The number of nitrogens with one attached hydrogen (secondary N) is 2. The lowest BCUT2D eigenvalue weighted by Crippen LogP contribution is -2.52. The number of hydrogen-bond acceptors (Lipinski definition) is 4. The van der Waals surface area contributed by atoms with E-state index in [0.29, 0.717) is 6.42 Å². The van der Waals surface area contributed by atoms with Crippen molar-refractivity contribution in [1.82, 2.24) is 10.0 Å². The largest absolute Gasteiger partial charge is 0.480 e. The van der Waals surface area contributed by atoms with Crippen molar-refractivity contribution in [2.24, 2.45) is 0 Å². The first-order chi connectivity index (χ1) is 11.3. The molecule has 0 saturated heterocycles. The maximum absolute atomic E-state index is 12.3. The molecule has 140 valence electrons. The zero-order valence-electron chi connectivity index (χ0n) is 15.2. The smallest absolute Gasteiger partial charge is 0.329 e. The SMILES string of the molecule is CCCC(C)(NC(=O)c1ccc(S(=O)(=O)NC(C)(C)C)cc1)C(=O)O. The van der Waals surface area contributed by atoms with Gasteiger partial charge in [0.1, 0.15) is 5.54 Å². The Bertz CT molecular complexity index is 735. The van der Waals surface area contributed by atoms with Gasteiger partial charge in [0.05, 0.1) is 4.90 Å². The third kappa shape index (κ3) is 5.82. The predicted octanol–water partition coefficient (Wildman–Crippen LogP) is 2.14. The quantitative estimate of drug-likeness (QED) is 0.681. The summed E-state index contributed by atoms with van der Waals surface area (Å²) < 4.78 is 27.0. The van der Waals surface area contributed by atoms with Crippen LogP contribution in [0.15, 0.2) is 29.2 Å². The molecule has 25 heavy (non-hydrogen) atoms. The molecule has 0 aliphatic carbocycles. The molecule has 0 aromatic heterocycles. The highest BCUT2D eigenvalue weighted by molar-refractivity contribution is 7.89. The van der Waals surface area contributed by atoms with E-state index in [0.717, 1.165) is 0 Å². The molecule has 1 rings (SSSR count). The number of carbonyl (C=O) groups excluding carboxylic acids is 1. The molecular formula is C17H26N2O5S. The van der Waals surface area contributed by atoms with Crippen LogP contribution in [0.25, 0.3) is 0 Å². The van der Waals surface area contributed by atoms with Gasteiger partial charge in [-0.2, -0.15) is 0 Å². The molecule has 1 atom stereocenters.